The van der Waals surface area contributed by atoms with Crippen LogP contribution in [-0.4, -0.2) is 48.6 Å². The van der Waals surface area contributed by atoms with E-state index < -0.39 is 0 Å². The van der Waals surface area contributed by atoms with Gasteiger partial charge in [0.05, 0.1) is 0 Å². The van der Waals surface area contributed by atoms with E-state index in [2.05, 4.69) is 54.6 Å². The molecule has 1 heterocycles. The van der Waals surface area contributed by atoms with Gasteiger partial charge >= 0.3 is 0 Å². The molecule has 0 aliphatic rings. The lowest BCUT2D eigenvalue weighted by Gasteiger charge is -2.28. The third kappa shape index (κ3) is 4.35. The SMILES string of the molecule is CCCN(CCN(C)C)c1ncnc(N)c1C(C)C. The Hall–Kier alpha value is -1.36. The minimum atomic E-state index is 0.329. The number of hydrogen-bond donors (Lipinski definition) is 1. The van der Waals surface area contributed by atoms with Crippen molar-refractivity contribution >= 4 is 11.6 Å². The van der Waals surface area contributed by atoms with Gasteiger partial charge < -0.3 is 15.5 Å². The maximum Gasteiger partial charge on any atom is 0.137 e. The smallest absolute Gasteiger partial charge is 0.137 e. The number of nitrogens with zero attached hydrogens (tertiary/aromatic N) is 4. The van der Waals surface area contributed by atoms with Crippen LogP contribution in [0.3, 0.4) is 0 Å². The molecule has 0 aliphatic heterocycles. The molecule has 5 nitrogen and oxygen atoms in total. The molecule has 19 heavy (non-hydrogen) atoms. The second kappa shape index (κ2) is 7.28. The normalized spacial score (nSPS) is 11.3. The van der Waals surface area contributed by atoms with Gasteiger partial charge in [0.25, 0.3) is 0 Å². The van der Waals surface area contributed by atoms with Crippen molar-refractivity contribution < 1.29 is 0 Å². The van der Waals surface area contributed by atoms with Crippen molar-refractivity contribution in [3.05, 3.63) is 11.9 Å². The van der Waals surface area contributed by atoms with Gasteiger partial charge in [0.15, 0.2) is 0 Å². The summed E-state index contributed by atoms with van der Waals surface area (Å²) in [5, 5.41) is 0. The summed E-state index contributed by atoms with van der Waals surface area (Å²) in [4.78, 5) is 13.1. The van der Waals surface area contributed by atoms with E-state index in [1.54, 1.807) is 6.33 Å². The second-order valence-electron chi connectivity index (χ2n) is 5.44. The molecule has 0 radical (unpaired) electrons. The predicted octanol–water partition coefficient (Wildman–Crippen LogP) is 1.96. The molecule has 0 amide bonds. The van der Waals surface area contributed by atoms with Crippen molar-refractivity contribution in [2.24, 2.45) is 0 Å². The van der Waals surface area contributed by atoms with E-state index in [-0.39, 0.29) is 0 Å². The molecular formula is C14H27N5. The third-order valence-electron chi connectivity index (χ3n) is 3.08. The quantitative estimate of drug-likeness (QED) is 0.816. The Labute approximate surface area is 116 Å². The van der Waals surface area contributed by atoms with Crippen molar-refractivity contribution in [2.45, 2.75) is 33.1 Å². The molecule has 0 bridgehead atoms. The molecule has 0 atom stereocenters. The van der Waals surface area contributed by atoms with Crippen molar-refractivity contribution in [1.82, 2.24) is 14.9 Å². The number of nitrogens with two attached hydrogens (primary N) is 1. The zero-order valence-electron chi connectivity index (χ0n) is 12.8. The molecule has 1 aromatic rings. The van der Waals surface area contributed by atoms with E-state index in [1.165, 1.54) is 0 Å². The molecule has 0 fully saturated rings. The summed E-state index contributed by atoms with van der Waals surface area (Å²) in [5.41, 5.74) is 7.09. The Morgan fingerprint density at radius 3 is 2.37 bits per heavy atom. The van der Waals surface area contributed by atoms with Gasteiger partial charge in [-0.2, -0.15) is 0 Å². The van der Waals surface area contributed by atoms with Crippen LogP contribution in [0.4, 0.5) is 11.6 Å². The van der Waals surface area contributed by atoms with Crippen LogP contribution in [0, 0.1) is 0 Å². The molecule has 108 valence electrons. The van der Waals surface area contributed by atoms with Crippen molar-refractivity contribution in [2.75, 3.05) is 44.4 Å². The van der Waals surface area contributed by atoms with Crippen LogP contribution in [0.15, 0.2) is 6.33 Å². The van der Waals surface area contributed by atoms with Crippen LogP contribution in [0.5, 0.6) is 0 Å². The highest BCUT2D eigenvalue weighted by atomic mass is 15.2. The Morgan fingerprint density at radius 1 is 1.16 bits per heavy atom. The fourth-order valence-electron chi connectivity index (χ4n) is 2.12. The number of aromatic nitrogens is 2. The Balaban J connectivity index is 3.04. The lowest BCUT2D eigenvalue weighted by Crippen LogP contribution is -2.34. The molecule has 0 saturated carbocycles. The summed E-state index contributed by atoms with van der Waals surface area (Å²) in [7, 11) is 4.17. The van der Waals surface area contributed by atoms with Crippen molar-refractivity contribution in [3.63, 3.8) is 0 Å². The Kier molecular flexibility index (Phi) is 6.02. The zero-order valence-corrected chi connectivity index (χ0v) is 12.8. The summed E-state index contributed by atoms with van der Waals surface area (Å²) >= 11 is 0. The molecule has 1 rings (SSSR count). The van der Waals surface area contributed by atoms with Gasteiger partial charge in [-0.25, -0.2) is 9.97 Å². The van der Waals surface area contributed by atoms with E-state index in [4.69, 9.17) is 5.73 Å². The highest BCUT2D eigenvalue weighted by Crippen LogP contribution is 2.29. The summed E-state index contributed by atoms with van der Waals surface area (Å²) in [5.74, 6) is 1.92. The zero-order chi connectivity index (χ0) is 14.4. The minimum Gasteiger partial charge on any atom is -0.383 e. The van der Waals surface area contributed by atoms with Gasteiger partial charge in [-0.1, -0.05) is 20.8 Å². The van der Waals surface area contributed by atoms with E-state index in [1.807, 2.05) is 0 Å². The summed E-state index contributed by atoms with van der Waals surface area (Å²) in [6.45, 7) is 9.40. The van der Waals surface area contributed by atoms with Crippen LogP contribution in [-0.2, 0) is 0 Å². The largest absolute Gasteiger partial charge is 0.383 e. The first-order valence-corrected chi connectivity index (χ1v) is 6.97. The molecule has 1 aromatic heterocycles. The van der Waals surface area contributed by atoms with E-state index in [0.29, 0.717) is 11.7 Å². The fourth-order valence-corrected chi connectivity index (χ4v) is 2.12. The average molecular weight is 265 g/mol. The van der Waals surface area contributed by atoms with Gasteiger partial charge in [-0.05, 0) is 26.4 Å². The first-order valence-electron chi connectivity index (χ1n) is 6.97. The van der Waals surface area contributed by atoms with Crippen molar-refractivity contribution in [3.8, 4) is 0 Å². The summed E-state index contributed by atoms with van der Waals surface area (Å²) in [6, 6.07) is 0. The lowest BCUT2D eigenvalue weighted by atomic mass is 10.0. The molecule has 0 unspecified atom stereocenters. The molecule has 0 saturated heterocycles. The monoisotopic (exact) mass is 265 g/mol. The third-order valence-corrected chi connectivity index (χ3v) is 3.08. The van der Waals surface area contributed by atoms with Crippen LogP contribution in [0.2, 0.25) is 0 Å². The van der Waals surface area contributed by atoms with Crippen LogP contribution in [0.25, 0.3) is 0 Å². The van der Waals surface area contributed by atoms with Gasteiger partial charge in [-0.15, -0.1) is 0 Å². The molecule has 5 heteroatoms. The summed E-state index contributed by atoms with van der Waals surface area (Å²) < 4.78 is 0. The topological polar surface area (TPSA) is 58.3 Å². The number of hydrogen-bond acceptors (Lipinski definition) is 5. The van der Waals surface area contributed by atoms with Gasteiger partial charge in [-0.3, -0.25) is 0 Å². The maximum absolute atomic E-state index is 6.02. The summed E-state index contributed by atoms with van der Waals surface area (Å²) in [6.07, 6.45) is 2.66. The van der Waals surface area contributed by atoms with Crippen molar-refractivity contribution in [1.29, 1.82) is 0 Å². The molecule has 2 N–H and O–H groups in total. The number of nitrogen functional groups attached to an aromatic ring is 1. The van der Waals surface area contributed by atoms with Gasteiger partial charge in [0, 0.05) is 25.2 Å². The lowest BCUT2D eigenvalue weighted by molar-refractivity contribution is 0.412. The van der Waals surface area contributed by atoms with Crippen LogP contribution in [0.1, 0.15) is 38.7 Å². The number of anilines is 2. The standard InChI is InChI=1S/C14H27N5/c1-6-7-19(9-8-18(4)5)14-12(11(2)3)13(15)16-10-17-14/h10-11H,6-9H2,1-5H3,(H2,15,16,17). The average Bonchev–Trinajstić information content (AvgIpc) is 2.33. The Bertz CT molecular complexity index is 389. The Morgan fingerprint density at radius 2 is 1.84 bits per heavy atom. The number of rotatable bonds is 7. The first kappa shape index (κ1) is 15.7. The number of likely N-dealkylation sites (N-methyl/N-ethyl adjacent to an activating group) is 1. The van der Waals surface area contributed by atoms with Gasteiger partial charge in [0.1, 0.15) is 18.0 Å². The second-order valence-corrected chi connectivity index (χ2v) is 5.44. The van der Waals surface area contributed by atoms with Crippen LogP contribution < -0.4 is 10.6 Å². The van der Waals surface area contributed by atoms with Crippen LogP contribution >= 0.6 is 0 Å². The first-order chi connectivity index (χ1) is 8.97. The molecule has 0 aliphatic carbocycles. The minimum absolute atomic E-state index is 0.329. The highest BCUT2D eigenvalue weighted by molar-refractivity contribution is 5.58. The van der Waals surface area contributed by atoms with E-state index >= 15 is 0 Å². The fraction of sp³-hybridized carbons (Fsp3) is 0.714. The highest BCUT2D eigenvalue weighted by Gasteiger charge is 2.18. The van der Waals surface area contributed by atoms with E-state index in [9.17, 15) is 0 Å². The molecule has 0 spiro atoms. The van der Waals surface area contributed by atoms with Gasteiger partial charge in [0.2, 0.25) is 0 Å². The van der Waals surface area contributed by atoms with E-state index in [0.717, 1.165) is 37.4 Å². The molecule has 0 aromatic carbocycles. The predicted molar refractivity (Wildman–Crippen MR) is 81.6 cm³/mol. The maximum atomic E-state index is 6.02. The molecular weight excluding hydrogens is 238 g/mol.